The largest absolute Gasteiger partial charge is 0.431 e. The van der Waals surface area contributed by atoms with E-state index in [0.29, 0.717) is 0 Å². The van der Waals surface area contributed by atoms with Gasteiger partial charge in [-0.25, -0.2) is 0 Å². The van der Waals surface area contributed by atoms with Crippen LogP contribution in [-0.4, -0.2) is 5.97 Å². The van der Waals surface area contributed by atoms with Gasteiger partial charge in [-0.1, -0.05) is 37.1 Å². The molecule has 0 N–H and O–H groups in total. The Hall–Kier alpha value is -1.31. The molecule has 0 rings (SSSR count). The van der Waals surface area contributed by atoms with E-state index >= 15 is 0 Å². The molecular weight excluding hydrogens is 224 g/mol. The molecule has 0 saturated heterocycles. The summed E-state index contributed by atoms with van der Waals surface area (Å²) in [7, 11) is 0. The Morgan fingerprint density at radius 3 is 2.22 bits per heavy atom. The highest BCUT2D eigenvalue weighted by molar-refractivity contribution is 5.67. The van der Waals surface area contributed by atoms with E-state index < -0.39 is 0 Å². The summed E-state index contributed by atoms with van der Waals surface area (Å²) in [6.07, 6.45) is 5.82. The van der Waals surface area contributed by atoms with Crippen LogP contribution in [0.1, 0.15) is 60.3 Å². The maximum atomic E-state index is 11.2. The van der Waals surface area contributed by atoms with E-state index in [1.54, 1.807) is 0 Å². The van der Waals surface area contributed by atoms with Crippen LogP contribution in [0.5, 0.6) is 0 Å². The molecule has 0 spiro atoms. The molecule has 0 aromatic carbocycles. The summed E-state index contributed by atoms with van der Waals surface area (Å²) >= 11 is 0. The first-order valence-electron chi connectivity index (χ1n) is 6.58. The molecule has 0 atom stereocenters. The first-order valence-corrected chi connectivity index (χ1v) is 6.58. The highest BCUT2D eigenvalue weighted by Crippen LogP contribution is 2.23. The van der Waals surface area contributed by atoms with Gasteiger partial charge in [0.2, 0.25) is 0 Å². The van der Waals surface area contributed by atoms with E-state index in [-0.39, 0.29) is 5.97 Å². The molecule has 0 aliphatic heterocycles. The average molecular weight is 250 g/mol. The van der Waals surface area contributed by atoms with Gasteiger partial charge >= 0.3 is 5.97 Å². The summed E-state index contributed by atoms with van der Waals surface area (Å²) in [5.41, 5.74) is 3.28. The summed E-state index contributed by atoms with van der Waals surface area (Å²) in [6.45, 7) is 13.7. The fourth-order valence-corrected chi connectivity index (χ4v) is 1.61. The van der Waals surface area contributed by atoms with Crippen LogP contribution in [0.15, 0.2) is 35.1 Å². The molecule has 18 heavy (non-hydrogen) atoms. The van der Waals surface area contributed by atoms with E-state index in [2.05, 4.69) is 33.4 Å². The van der Waals surface area contributed by atoms with Gasteiger partial charge in [0.1, 0.15) is 5.76 Å². The van der Waals surface area contributed by atoms with Crippen LogP contribution in [0, 0.1) is 0 Å². The lowest BCUT2D eigenvalue weighted by Crippen LogP contribution is -2.03. The number of carbonyl (C=O) groups is 1. The van der Waals surface area contributed by atoms with Gasteiger partial charge in [-0.15, -0.1) is 0 Å². The molecule has 0 unspecified atom stereocenters. The van der Waals surface area contributed by atoms with Crippen molar-refractivity contribution in [2.45, 2.75) is 60.3 Å². The minimum atomic E-state index is -0.253. The van der Waals surface area contributed by atoms with Crippen LogP contribution in [0.3, 0.4) is 0 Å². The highest BCUT2D eigenvalue weighted by atomic mass is 16.5. The number of carbonyl (C=O) groups excluding carboxylic acids is 1. The molecule has 0 radical (unpaired) electrons. The number of hydrogen-bond donors (Lipinski definition) is 0. The van der Waals surface area contributed by atoms with E-state index in [9.17, 15) is 4.79 Å². The zero-order valence-corrected chi connectivity index (χ0v) is 12.4. The first-order chi connectivity index (χ1) is 8.38. The quantitative estimate of drug-likeness (QED) is 0.277. The van der Waals surface area contributed by atoms with Crippen molar-refractivity contribution in [3.05, 3.63) is 35.1 Å². The first kappa shape index (κ1) is 16.7. The summed E-state index contributed by atoms with van der Waals surface area (Å²) in [5, 5.41) is 0. The Morgan fingerprint density at radius 1 is 1.22 bits per heavy atom. The topological polar surface area (TPSA) is 26.3 Å². The van der Waals surface area contributed by atoms with Gasteiger partial charge < -0.3 is 4.74 Å². The van der Waals surface area contributed by atoms with Crippen LogP contribution >= 0.6 is 0 Å². The fraction of sp³-hybridized carbons (Fsp3) is 0.562. The van der Waals surface area contributed by atoms with Crippen LogP contribution in [-0.2, 0) is 9.53 Å². The van der Waals surface area contributed by atoms with Crippen molar-refractivity contribution in [1.82, 2.24) is 0 Å². The maximum Gasteiger partial charge on any atom is 0.307 e. The van der Waals surface area contributed by atoms with Crippen LogP contribution < -0.4 is 0 Å². The van der Waals surface area contributed by atoms with Crippen molar-refractivity contribution in [2.24, 2.45) is 0 Å². The Bertz CT molecular complexity index is 355. The Balaban J connectivity index is 5.18. The van der Waals surface area contributed by atoms with Gasteiger partial charge in [0.15, 0.2) is 0 Å². The molecule has 0 aliphatic rings. The molecule has 0 bridgehead atoms. The van der Waals surface area contributed by atoms with Crippen molar-refractivity contribution in [2.75, 3.05) is 0 Å². The third kappa shape index (κ3) is 7.10. The zero-order valence-electron chi connectivity index (χ0n) is 12.4. The molecule has 0 saturated carbocycles. The van der Waals surface area contributed by atoms with Crippen molar-refractivity contribution < 1.29 is 9.53 Å². The molecule has 0 heterocycles. The normalized spacial score (nSPS) is 11.6. The number of ether oxygens (including phenoxy) is 1. The standard InChI is InChI=1S/C16H26O2/c1-7-8-9-16(18-14(6)17)15(13(4)5)11-10-12(2)3/h10H,4,7-9,11H2,1-3,5-6H3/b16-15+. The Kier molecular flexibility index (Phi) is 8.10. The Labute approximate surface area is 111 Å². The summed E-state index contributed by atoms with van der Waals surface area (Å²) < 4.78 is 5.36. The van der Waals surface area contributed by atoms with E-state index in [4.69, 9.17) is 4.74 Å². The van der Waals surface area contributed by atoms with Gasteiger partial charge in [0.05, 0.1) is 0 Å². The number of unbranched alkanes of at least 4 members (excludes halogenated alkanes) is 1. The smallest absolute Gasteiger partial charge is 0.307 e. The summed E-state index contributed by atoms with van der Waals surface area (Å²) in [4.78, 5) is 11.2. The second-order valence-corrected chi connectivity index (χ2v) is 4.86. The van der Waals surface area contributed by atoms with Crippen molar-refractivity contribution in [3.63, 3.8) is 0 Å². The van der Waals surface area contributed by atoms with Crippen LogP contribution in [0.2, 0.25) is 0 Å². The number of rotatable bonds is 7. The predicted molar refractivity (Wildman–Crippen MR) is 77.2 cm³/mol. The average Bonchev–Trinajstić information content (AvgIpc) is 2.24. The van der Waals surface area contributed by atoms with Gasteiger partial charge in [0.25, 0.3) is 0 Å². The number of allylic oxidation sites excluding steroid dienone is 5. The fourth-order valence-electron chi connectivity index (χ4n) is 1.61. The van der Waals surface area contributed by atoms with Crippen LogP contribution in [0.25, 0.3) is 0 Å². The van der Waals surface area contributed by atoms with Crippen LogP contribution in [0.4, 0.5) is 0 Å². The number of esters is 1. The van der Waals surface area contributed by atoms with E-state index in [1.165, 1.54) is 12.5 Å². The van der Waals surface area contributed by atoms with Gasteiger partial charge in [-0.3, -0.25) is 4.79 Å². The predicted octanol–water partition coefficient (Wildman–Crippen LogP) is 4.93. The van der Waals surface area contributed by atoms with Gasteiger partial charge in [-0.2, -0.15) is 0 Å². The lowest BCUT2D eigenvalue weighted by atomic mass is 10.0. The molecule has 0 amide bonds. The molecular formula is C16H26O2. The van der Waals surface area contributed by atoms with E-state index in [1.807, 2.05) is 6.92 Å². The van der Waals surface area contributed by atoms with Gasteiger partial charge in [-0.05, 0) is 39.2 Å². The molecule has 2 heteroatoms. The second-order valence-electron chi connectivity index (χ2n) is 4.86. The molecule has 0 aromatic rings. The maximum absolute atomic E-state index is 11.2. The van der Waals surface area contributed by atoms with Crippen molar-refractivity contribution >= 4 is 5.97 Å². The van der Waals surface area contributed by atoms with Gasteiger partial charge in [0, 0.05) is 13.3 Å². The lowest BCUT2D eigenvalue weighted by Gasteiger charge is -2.14. The molecule has 0 aliphatic carbocycles. The van der Waals surface area contributed by atoms with Crippen molar-refractivity contribution in [3.8, 4) is 0 Å². The SMILES string of the molecule is C=C(C)/C(CC=C(C)C)=C(\CCCC)OC(C)=O. The molecule has 0 fully saturated rings. The highest BCUT2D eigenvalue weighted by Gasteiger charge is 2.10. The lowest BCUT2D eigenvalue weighted by molar-refractivity contribution is -0.137. The third-order valence-electron chi connectivity index (χ3n) is 2.59. The minimum absolute atomic E-state index is 0.253. The zero-order chi connectivity index (χ0) is 14.1. The molecule has 2 nitrogen and oxygen atoms in total. The second kappa shape index (κ2) is 8.73. The monoisotopic (exact) mass is 250 g/mol. The third-order valence-corrected chi connectivity index (χ3v) is 2.59. The molecule has 102 valence electrons. The number of hydrogen-bond acceptors (Lipinski definition) is 2. The summed E-state index contributed by atoms with van der Waals surface area (Å²) in [5.74, 6) is 0.534. The summed E-state index contributed by atoms with van der Waals surface area (Å²) in [6, 6.07) is 0. The minimum Gasteiger partial charge on any atom is -0.431 e. The Morgan fingerprint density at radius 2 is 1.83 bits per heavy atom. The molecule has 0 aromatic heterocycles. The van der Waals surface area contributed by atoms with E-state index in [0.717, 1.165) is 42.6 Å². The van der Waals surface area contributed by atoms with Crippen molar-refractivity contribution in [1.29, 1.82) is 0 Å².